The van der Waals surface area contributed by atoms with E-state index in [-0.39, 0.29) is 12.0 Å². The summed E-state index contributed by atoms with van der Waals surface area (Å²) in [5.74, 6) is 0.172. The Bertz CT molecular complexity index is 3810. The third-order valence-corrected chi connectivity index (χ3v) is 15.4. The summed E-state index contributed by atoms with van der Waals surface area (Å²) in [6, 6.07) is 101. The van der Waals surface area contributed by atoms with E-state index in [0.717, 1.165) is 11.4 Å². The Balaban J connectivity index is 0.872. The first-order valence-corrected chi connectivity index (χ1v) is 25.6. The van der Waals surface area contributed by atoms with E-state index in [1.54, 1.807) is 0 Å². The summed E-state index contributed by atoms with van der Waals surface area (Å²) in [6.07, 6.45) is 7.30. The fourth-order valence-corrected chi connectivity index (χ4v) is 11.8. The second-order valence-corrected chi connectivity index (χ2v) is 19.7. The Kier molecular flexibility index (Phi) is 11.2. The summed E-state index contributed by atoms with van der Waals surface area (Å²) in [4.78, 5) is 2.54. The molecule has 346 valence electrons. The average molecular weight is 932 g/mol. The second-order valence-electron chi connectivity index (χ2n) is 19.7. The molecule has 0 spiro atoms. The van der Waals surface area contributed by atoms with Crippen LogP contribution in [0.15, 0.2) is 291 Å². The lowest BCUT2D eigenvalue weighted by Crippen LogP contribution is -2.35. The van der Waals surface area contributed by atoms with Crippen molar-refractivity contribution in [2.24, 2.45) is 5.92 Å². The maximum atomic E-state index is 2.54. The molecule has 0 bridgehead atoms. The van der Waals surface area contributed by atoms with Crippen LogP contribution >= 0.6 is 0 Å². The third-order valence-electron chi connectivity index (χ3n) is 15.4. The number of fused-ring (bicyclic) bond motifs is 4. The van der Waals surface area contributed by atoms with Crippen molar-refractivity contribution >= 4 is 27.7 Å². The molecule has 0 saturated carbocycles. The van der Waals surface area contributed by atoms with Gasteiger partial charge >= 0.3 is 0 Å². The highest BCUT2D eigenvalue weighted by Gasteiger charge is 2.46. The normalized spacial score (nSPS) is 15.3. The van der Waals surface area contributed by atoms with E-state index in [2.05, 4.69) is 303 Å². The number of rotatable bonds is 10. The summed E-state index contributed by atoms with van der Waals surface area (Å²) in [5.41, 5.74) is 21.8. The van der Waals surface area contributed by atoms with Crippen LogP contribution in [0.3, 0.4) is 0 Å². The van der Waals surface area contributed by atoms with E-state index in [0.29, 0.717) is 0 Å². The standard InChI is InChI=1S/C72H53N/c1-50-45-60(62-39-43-68-67-29-13-14-30-69(67)72(70(68)49-62,63-24-7-3-8-25-63)64-26-9-4-10-27-64)40-44-71(50)73(66-28-16-23-59(48-66)54-33-31-53(32-34-54)51-17-5-2-6-18-51)65-41-37-55(38-42-65)57-21-15-22-58(46-57)61-36-35-52-19-11-12-20-56(52)47-61/h2-50,71H,1H3. The van der Waals surface area contributed by atoms with Crippen LogP contribution in [0.2, 0.25) is 0 Å². The molecule has 0 fully saturated rings. The van der Waals surface area contributed by atoms with Gasteiger partial charge < -0.3 is 4.90 Å². The Morgan fingerprint density at radius 1 is 0.329 bits per heavy atom. The molecule has 0 saturated heterocycles. The van der Waals surface area contributed by atoms with Gasteiger partial charge in [0, 0.05) is 11.4 Å². The zero-order valence-corrected chi connectivity index (χ0v) is 40.8. The lowest BCUT2D eigenvalue weighted by Gasteiger charge is -2.37. The average Bonchev–Trinajstić information content (AvgIpc) is 3.77. The smallest absolute Gasteiger partial charge is 0.0713 e. The minimum Gasteiger partial charge on any atom is -0.334 e. The van der Waals surface area contributed by atoms with E-state index in [1.165, 1.54) is 99.8 Å². The number of hydrogen-bond acceptors (Lipinski definition) is 1. The van der Waals surface area contributed by atoms with Crippen molar-refractivity contribution in [2.75, 3.05) is 4.90 Å². The Labute approximate surface area is 429 Å². The molecule has 2 atom stereocenters. The molecule has 0 aliphatic heterocycles. The first-order valence-electron chi connectivity index (χ1n) is 25.6. The van der Waals surface area contributed by atoms with E-state index >= 15 is 0 Å². The largest absolute Gasteiger partial charge is 0.334 e. The molecule has 0 amide bonds. The van der Waals surface area contributed by atoms with Crippen molar-refractivity contribution in [1.29, 1.82) is 0 Å². The summed E-state index contributed by atoms with van der Waals surface area (Å²) < 4.78 is 0. The van der Waals surface area contributed by atoms with Gasteiger partial charge in [0.25, 0.3) is 0 Å². The molecule has 2 aliphatic carbocycles. The molecule has 2 unspecified atom stereocenters. The van der Waals surface area contributed by atoms with Gasteiger partial charge in [0.05, 0.1) is 11.5 Å². The van der Waals surface area contributed by atoms with Crippen molar-refractivity contribution in [2.45, 2.75) is 18.4 Å². The van der Waals surface area contributed by atoms with E-state index in [1.807, 2.05) is 0 Å². The quantitative estimate of drug-likeness (QED) is 0.132. The molecule has 0 aromatic heterocycles. The Hall–Kier alpha value is -9.04. The van der Waals surface area contributed by atoms with Gasteiger partial charge in [0.1, 0.15) is 0 Å². The van der Waals surface area contributed by atoms with Crippen LogP contribution in [-0.2, 0) is 5.41 Å². The fraction of sp³-hybridized carbons (Fsp3) is 0.0556. The summed E-state index contributed by atoms with van der Waals surface area (Å²) in [5, 5.41) is 2.51. The lowest BCUT2D eigenvalue weighted by atomic mass is 9.67. The zero-order valence-electron chi connectivity index (χ0n) is 40.8. The molecule has 1 heteroatoms. The molecule has 0 heterocycles. The van der Waals surface area contributed by atoms with E-state index < -0.39 is 5.41 Å². The van der Waals surface area contributed by atoms with E-state index in [9.17, 15) is 0 Å². The topological polar surface area (TPSA) is 3.24 Å². The SMILES string of the molecule is CC1C=C(c2ccc3c(c2)C(c2ccccc2)(c2ccccc2)c2ccccc2-3)C=CC1N(c1ccc(-c2cccc(-c3ccc4ccccc4c3)c2)cc1)c1cccc(-c2ccc(-c3ccccc3)cc2)c1. The minimum absolute atomic E-state index is 0.0490. The predicted octanol–water partition coefficient (Wildman–Crippen LogP) is 18.7. The van der Waals surface area contributed by atoms with Gasteiger partial charge in [-0.25, -0.2) is 0 Å². The Morgan fingerprint density at radius 3 is 1.52 bits per heavy atom. The summed E-state index contributed by atoms with van der Waals surface area (Å²) in [6.45, 7) is 2.38. The maximum absolute atomic E-state index is 2.54. The van der Waals surface area contributed by atoms with Gasteiger partial charge in [0.2, 0.25) is 0 Å². The van der Waals surface area contributed by atoms with Gasteiger partial charge in [0.15, 0.2) is 0 Å². The zero-order chi connectivity index (χ0) is 48.7. The third kappa shape index (κ3) is 7.91. The summed E-state index contributed by atoms with van der Waals surface area (Å²) >= 11 is 0. The molecule has 11 aromatic carbocycles. The van der Waals surface area contributed by atoms with Crippen LogP contribution in [0.25, 0.3) is 72.0 Å². The molecule has 1 nitrogen and oxygen atoms in total. The molecular weight excluding hydrogens is 879 g/mol. The van der Waals surface area contributed by atoms with E-state index in [4.69, 9.17) is 0 Å². The highest BCUT2D eigenvalue weighted by atomic mass is 15.2. The molecule has 13 rings (SSSR count). The van der Waals surface area contributed by atoms with Crippen LogP contribution in [0.5, 0.6) is 0 Å². The van der Waals surface area contributed by atoms with Gasteiger partial charge in [-0.3, -0.25) is 0 Å². The van der Waals surface area contributed by atoms with Crippen LogP contribution in [-0.4, -0.2) is 6.04 Å². The lowest BCUT2D eigenvalue weighted by molar-refractivity contribution is 0.611. The molecule has 73 heavy (non-hydrogen) atoms. The van der Waals surface area contributed by atoms with Crippen LogP contribution in [0.1, 0.15) is 34.7 Å². The minimum atomic E-state index is -0.453. The molecule has 0 radical (unpaired) electrons. The van der Waals surface area contributed by atoms with Crippen molar-refractivity contribution < 1.29 is 0 Å². The molecule has 11 aromatic rings. The van der Waals surface area contributed by atoms with Crippen LogP contribution < -0.4 is 4.90 Å². The van der Waals surface area contributed by atoms with Gasteiger partial charge in [-0.1, -0.05) is 256 Å². The first kappa shape index (κ1) is 43.9. The van der Waals surface area contributed by atoms with Crippen LogP contribution in [0, 0.1) is 5.92 Å². The summed E-state index contributed by atoms with van der Waals surface area (Å²) in [7, 11) is 0. The number of benzene rings is 11. The monoisotopic (exact) mass is 931 g/mol. The fourth-order valence-electron chi connectivity index (χ4n) is 11.8. The highest BCUT2D eigenvalue weighted by Crippen LogP contribution is 2.56. The second kappa shape index (κ2) is 18.6. The van der Waals surface area contributed by atoms with Gasteiger partial charge in [-0.2, -0.15) is 0 Å². The van der Waals surface area contributed by atoms with Crippen molar-refractivity contribution in [1.82, 2.24) is 0 Å². The highest BCUT2D eigenvalue weighted by molar-refractivity contribution is 5.90. The number of nitrogens with zero attached hydrogens (tertiary/aromatic N) is 1. The van der Waals surface area contributed by atoms with Crippen molar-refractivity contribution in [3.8, 4) is 55.6 Å². The first-order chi connectivity index (χ1) is 36.1. The number of hydrogen-bond donors (Lipinski definition) is 0. The Morgan fingerprint density at radius 2 is 0.822 bits per heavy atom. The maximum Gasteiger partial charge on any atom is 0.0713 e. The molecule has 0 N–H and O–H groups in total. The molecule has 2 aliphatic rings. The number of anilines is 2. The van der Waals surface area contributed by atoms with Crippen LogP contribution in [0.4, 0.5) is 11.4 Å². The van der Waals surface area contributed by atoms with Gasteiger partial charge in [-0.05, 0) is 148 Å². The predicted molar refractivity (Wildman–Crippen MR) is 308 cm³/mol. The molecular formula is C72H53N. The number of allylic oxidation sites excluding steroid dienone is 2. The van der Waals surface area contributed by atoms with Crippen molar-refractivity contribution in [3.63, 3.8) is 0 Å². The van der Waals surface area contributed by atoms with Crippen molar-refractivity contribution in [3.05, 3.63) is 319 Å². The van der Waals surface area contributed by atoms with Gasteiger partial charge in [-0.15, -0.1) is 0 Å².